The number of likely N-dealkylation sites (tertiary alicyclic amines) is 1. The lowest BCUT2D eigenvalue weighted by molar-refractivity contribution is -0.0563. The number of rotatable bonds is 12. The van der Waals surface area contributed by atoms with Gasteiger partial charge in [0.2, 0.25) is 0 Å². The van der Waals surface area contributed by atoms with Gasteiger partial charge in [0.05, 0.1) is 12.7 Å². The molecule has 0 aliphatic carbocycles. The van der Waals surface area contributed by atoms with Crippen LogP contribution in [0.15, 0.2) is 66.7 Å². The van der Waals surface area contributed by atoms with E-state index in [1.54, 1.807) is 0 Å². The molecular formula is C36H46ClN3O4. The standard InChI is InChI=1S/C36H46ClN3O4/c1-5-26-10-6-11-29(22-26)33-31(13-7-14-32(33)37)36(43,19-9-20-38-35(42)44-4)30-12-8-21-40(24-30)34(41)28-17-15-27(16-18-28)23-39-25(2)3/h6-7,10-11,13-18,22,25,30,39,43H,5,8-9,12,19-21,23-24H2,1-4H3,(H,38,42)/t30-,36+/m1/s1. The average molecular weight is 620 g/mol. The molecule has 3 N–H and O–H groups in total. The summed E-state index contributed by atoms with van der Waals surface area (Å²) in [4.78, 5) is 27.3. The molecule has 1 heterocycles. The van der Waals surface area contributed by atoms with Gasteiger partial charge < -0.3 is 25.4 Å². The number of nitrogens with zero attached hydrogens (tertiary/aromatic N) is 1. The second-order valence-corrected chi connectivity index (χ2v) is 12.4. The van der Waals surface area contributed by atoms with Crippen LogP contribution in [-0.2, 0) is 23.3 Å². The van der Waals surface area contributed by atoms with Crippen LogP contribution in [0.25, 0.3) is 11.1 Å². The lowest BCUT2D eigenvalue weighted by Crippen LogP contribution is -2.48. The summed E-state index contributed by atoms with van der Waals surface area (Å²) in [6.07, 6.45) is 2.80. The number of piperidine rings is 1. The van der Waals surface area contributed by atoms with Crippen LogP contribution in [0.3, 0.4) is 0 Å². The number of amides is 2. The van der Waals surface area contributed by atoms with Gasteiger partial charge in [0.25, 0.3) is 5.91 Å². The van der Waals surface area contributed by atoms with Crippen LogP contribution >= 0.6 is 11.6 Å². The van der Waals surface area contributed by atoms with Crippen molar-refractivity contribution in [2.24, 2.45) is 5.92 Å². The largest absolute Gasteiger partial charge is 0.453 e. The summed E-state index contributed by atoms with van der Waals surface area (Å²) in [6.45, 7) is 8.47. The minimum absolute atomic E-state index is 0.0326. The lowest BCUT2D eigenvalue weighted by Gasteiger charge is -2.44. The molecule has 1 fully saturated rings. The highest BCUT2D eigenvalue weighted by atomic mass is 35.5. The van der Waals surface area contributed by atoms with Gasteiger partial charge in [0, 0.05) is 54.3 Å². The first kappa shape index (κ1) is 33.5. The summed E-state index contributed by atoms with van der Waals surface area (Å²) in [6, 6.07) is 22.1. The number of benzene rings is 3. The van der Waals surface area contributed by atoms with E-state index in [2.05, 4.69) is 43.5 Å². The Morgan fingerprint density at radius 2 is 1.84 bits per heavy atom. The van der Waals surface area contributed by atoms with Crippen LogP contribution in [0.1, 0.15) is 73.5 Å². The molecular weight excluding hydrogens is 574 g/mol. The number of aryl methyl sites for hydroxylation is 1. The fourth-order valence-corrected chi connectivity index (χ4v) is 6.41. The molecule has 0 saturated carbocycles. The molecule has 4 rings (SSSR count). The Hall–Kier alpha value is -3.39. The third-order valence-corrected chi connectivity index (χ3v) is 8.91. The van der Waals surface area contributed by atoms with Crippen molar-refractivity contribution in [3.05, 3.63) is 94.0 Å². The monoisotopic (exact) mass is 619 g/mol. The topological polar surface area (TPSA) is 90.9 Å². The summed E-state index contributed by atoms with van der Waals surface area (Å²) in [5.41, 5.74) is 4.16. The maximum absolute atomic E-state index is 13.7. The molecule has 0 unspecified atom stereocenters. The average Bonchev–Trinajstić information content (AvgIpc) is 3.05. The summed E-state index contributed by atoms with van der Waals surface area (Å²) >= 11 is 6.88. The van der Waals surface area contributed by atoms with Gasteiger partial charge in [-0.1, -0.05) is 80.9 Å². The van der Waals surface area contributed by atoms with Gasteiger partial charge in [-0.15, -0.1) is 0 Å². The van der Waals surface area contributed by atoms with E-state index in [4.69, 9.17) is 16.3 Å². The van der Waals surface area contributed by atoms with Gasteiger partial charge in [0.1, 0.15) is 0 Å². The smallest absolute Gasteiger partial charge is 0.406 e. The predicted molar refractivity (Wildman–Crippen MR) is 177 cm³/mol. The number of carbonyl (C=O) groups excluding carboxylic acids is 2. The second-order valence-electron chi connectivity index (χ2n) is 12.0. The number of hydrogen-bond acceptors (Lipinski definition) is 5. The molecule has 1 saturated heterocycles. The Morgan fingerprint density at radius 3 is 2.55 bits per heavy atom. The number of carbonyl (C=O) groups is 2. The van der Waals surface area contributed by atoms with Crippen molar-refractivity contribution in [1.29, 1.82) is 0 Å². The summed E-state index contributed by atoms with van der Waals surface area (Å²) < 4.78 is 4.73. The maximum atomic E-state index is 13.7. The minimum atomic E-state index is -1.30. The van der Waals surface area contributed by atoms with E-state index in [1.165, 1.54) is 12.7 Å². The van der Waals surface area contributed by atoms with Crippen molar-refractivity contribution in [2.45, 2.75) is 71.1 Å². The molecule has 2 atom stereocenters. The van der Waals surface area contributed by atoms with E-state index < -0.39 is 11.7 Å². The molecule has 44 heavy (non-hydrogen) atoms. The van der Waals surface area contributed by atoms with Crippen molar-refractivity contribution < 1.29 is 19.4 Å². The van der Waals surface area contributed by atoms with E-state index in [-0.39, 0.29) is 11.8 Å². The van der Waals surface area contributed by atoms with Crippen LogP contribution in [0.5, 0.6) is 0 Å². The normalized spacial score (nSPS) is 16.4. The first-order valence-electron chi connectivity index (χ1n) is 15.7. The highest BCUT2D eigenvalue weighted by Gasteiger charge is 2.43. The molecule has 236 valence electrons. The molecule has 2 amide bonds. The Labute approximate surface area is 267 Å². The predicted octanol–water partition coefficient (Wildman–Crippen LogP) is 6.94. The van der Waals surface area contributed by atoms with Crippen molar-refractivity contribution in [3.8, 4) is 11.1 Å². The number of hydrogen-bond donors (Lipinski definition) is 3. The van der Waals surface area contributed by atoms with Crippen LogP contribution in [0.4, 0.5) is 4.79 Å². The second kappa shape index (κ2) is 15.6. The van der Waals surface area contributed by atoms with Gasteiger partial charge in [0.15, 0.2) is 0 Å². The Kier molecular flexibility index (Phi) is 11.8. The number of aliphatic hydroxyl groups is 1. The van der Waals surface area contributed by atoms with Gasteiger partial charge >= 0.3 is 6.09 Å². The van der Waals surface area contributed by atoms with Gasteiger partial charge in [-0.2, -0.15) is 0 Å². The first-order valence-corrected chi connectivity index (χ1v) is 16.1. The fourth-order valence-electron chi connectivity index (χ4n) is 6.13. The highest BCUT2D eigenvalue weighted by molar-refractivity contribution is 6.33. The SMILES string of the molecule is CCc1cccc(-c2c(Cl)cccc2[C@](O)(CCCNC(=O)OC)[C@@H]2CCCN(C(=O)c3ccc(CNC(C)C)cc3)C2)c1. The zero-order chi connectivity index (χ0) is 31.7. The van der Waals surface area contributed by atoms with E-state index in [0.29, 0.717) is 49.1 Å². The highest BCUT2D eigenvalue weighted by Crippen LogP contribution is 2.45. The molecule has 3 aromatic carbocycles. The molecule has 1 aliphatic rings. The van der Waals surface area contributed by atoms with Crippen molar-refractivity contribution in [3.63, 3.8) is 0 Å². The third-order valence-electron chi connectivity index (χ3n) is 8.59. The summed E-state index contributed by atoms with van der Waals surface area (Å²) in [5, 5.41) is 19.5. The minimum Gasteiger partial charge on any atom is -0.453 e. The maximum Gasteiger partial charge on any atom is 0.406 e. The van der Waals surface area contributed by atoms with Crippen molar-refractivity contribution >= 4 is 23.6 Å². The van der Waals surface area contributed by atoms with Crippen molar-refractivity contribution in [2.75, 3.05) is 26.7 Å². The molecule has 7 nitrogen and oxygen atoms in total. The molecule has 0 bridgehead atoms. The molecule has 8 heteroatoms. The van der Waals surface area contributed by atoms with Crippen LogP contribution in [0.2, 0.25) is 5.02 Å². The van der Waals surface area contributed by atoms with Crippen LogP contribution < -0.4 is 10.6 Å². The van der Waals surface area contributed by atoms with Gasteiger partial charge in [-0.25, -0.2) is 4.79 Å². The number of alkyl carbamates (subject to hydrolysis) is 1. The van der Waals surface area contributed by atoms with Gasteiger partial charge in [-0.05, 0) is 72.6 Å². The number of halogens is 1. The Morgan fingerprint density at radius 1 is 1.09 bits per heavy atom. The zero-order valence-electron chi connectivity index (χ0n) is 26.4. The summed E-state index contributed by atoms with van der Waals surface area (Å²) in [5.74, 6) is -0.269. The van der Waals surface area contributed by atoms with Crippen molar-refractivity contribution in [1.82, 2.24) is 15.5 Å². The Bertz CT molecular complexity index is 1410. The van der Waals surface area contributed by atoms with Crippen LogP contribution in [0, 0.1) is 5.92 Å². The van der Waals surface area contributed by atoms with Gasteiger partial charge in [-0.3, -0.25) is 4.79 Å². The molecule has 0 radical (unpaired) electrons. The molecule has 3 aromatic rings. The van der Waals surface area contributed by atoms with E-state index in [9.17, 15) is 14.7 Å². The zero-order valence-corrected chi connectivity index (χ0v) is 27.1. The van der Waals surface area contributed by atoms with Crippen LogP contribution in [-0.4, -0.2) is 54.8 Å². The summed E-state index contributed by atoms with van der Waals surface area (Å²) in [7, 11) is 1.33. The van der Waals surface area contributed by atoms with E-state index in [1.807, 2.05) is 59.5 Å². The lowest BCUT2D eigenvalue weighted by atomic mass is 9.72. The third kappa shape index (κ3) is 8.20. The molecule has 1 aliphatic heterocycles. The number of methoxy groups -OCH3 is 1. The number of nitrogens with one attached hydrogen (secondary N) is 2. The molecule has 0 spiro atoms. The first-order chi connectivity index (χ1) is 21.2. The molecule has 0 aromatic heterocycles. The fraction of sp³-hybridized carbons (Fsp3) is 0.444. The van der Waals surface area contributed by atoms with E-state index in [0.717, 1.165) is 48.1 Å². The van der Waals surface area contributed by atoms with E-state index >= 15 is 0 Å². The number of ether oxygens (including phenoxy) is 1. The Balaban J connectivity index is 1.65. The quantitative estimate of drug-likeness (QED) is 0.191.